The fourth-order valence-electron chi connectivity index (χ4n) is 3.01. The lowest BCUT2D eigenvalue weighted by Crippen LogP contribution is -2.16. The van der Waals surface area contributed by atoms with E-state index in [9.17, 15) is 23.1 Å². The molecule has 0 atom stereocenters. The molecule has 0 heterocycles. The van der Waals surface area contributed by atoms with Gasteiger partial charge < -0.3 is 10.4 Å². The monoisotopic (exact) mass is 374 g/mol. The Labute approximate surface area is 151 Å². The van der Waals surface area contributed by atoms with Crippen LogP contribution < -0.4 is 10.0 Å². The second-order valence-corrected chi connectivity index (χ2v) is 7.82. The summed E-state index contributed by atoms with van der Waals surface area (Å²) < 4.78 is 27.7. The van der Waals surface area contributed by atoms with E-state index in [0.29, 0.717) is 0 Å². The van der Waals surface area contributed by atoms with Crippen LogP contribution in [0.15, 0.2) is 41.3 Å². The third-order valence-electron chi connectivity index (χ3n) is 4.19. The number of carbonyl (C=O) groups is 2. The molecule has 1 aliphatic carbocycles. The number of carbonyl (C=O) groups excluding carboxylic acids is 1. The van der Waals surface area contributed by atoms with Gasteiger partial charge in [-0.25, -0.2) is 13.2 Å². The van der Waals surface area contributed by atoms with E-state index in [4.69, 9.17) is 0 Å². The molecule has 2 aromatic carbocycles. The SMILES string of the molecule is CC(=O)Nc1ccc(NS(=O)(=O)c2ccc3c(c2)CCC3)c(C(=O)O)c1. The molecule has 0 saturated carbocycles. The van der Waals surface area contributed by atoms with Crippen molar-refractivity contribution in [3.8, 4) is 0 Å². The number of aromatic carboxylic acids is 1. The number of rotatable bonds is 5. The molecule has 26 heavy (non-hydrogen) atoms. The molecule has 0 aliphatic heterocycles. The molecule has 8 heteroatoms. The lowest BCUT2D eigenvalue weighted by Gasteiger charge is -2.13. The molecule has 0 aromatic heterocycles. The van der Waals surface area contributed by atoms with Crippen molar-refractivity contribution in [2.24, 2.45) is 0 Å². The van der Waals surface area contributed by atoms with Gasteiger partial charge in [0.05, 0.1) is 16.1 Å². The summed E-state index contributed by atoms with van der Waals surface area (Å²) in [6, 6.07) is 8.93. The van der Waals surface area contributed by atoms with E-state index in [0.717, 1.165) is 30.4 Å². The van der Waals surface area contributed by atoms with Crippen molar-refractivity contribution in [2.75, 3.05) is 10.0 Å². The van der Waals surface area contributed by atoms with Crippen LogP contribution in [0.4, 0.5) is 11.4 Å². The van der Waals surface area contributed by atoms with Crippen molar-refractivity contribution < 1.29 is 23.1 Å². The number of anilines is 2. The Morgan fingerprint density at radius 3 is 2.46 bits per heavy atom. The molecule has 0 fully saturated rings. The Bertz CT molecular complexity index is 999. The highest BCUT2D eigenvalue weighted by atomic mass is 32.2. The first kappa shape index (κ1) is 17.9. The highest BCUT2D eigenvalue weighted by Crippen LogP contribution is 2.27. The minimum Gasteiger partial charge on any atom is -0.478 e. The van der Waals surface area contributed by atoms with E-state index < -0.39 is 16.0 Å². The van der Waals surface area contributed by atoms with Crippen LogP contribution in [0.1, 0.15) is 34.8 Å². The van der Waals surface area contributed by atoms with Crippen LogP contribution in [0.3, 0.4) is 0 Å². The number of carboxylic acid groups (broad SMARTS) is 1. The molecule has 0 saturated heterocycles. The van der Waals surface area contributed by atoms with Gasteiger partial charge >= 0.3 is 5.97 Å². The van der Waals surface area contributed by atoms with Crippen molar-refractivity contribution in [3.63, 3.8) is 0 Å². The largest absolute Gasteiger partial charge is 0.478 e. The summed E-state index contributed by atoms with van der Waals surface area (Å²) in [5, 5.41) is 11.8. The molecule has 0 spiro atoms. The summed E-state index contributed by atoms with van der Waals surface area (Å²) in [6.45, 7) is 1.30. The Hall–Kier alpha value is -2.87. The van der Waals surface area contributed by atoms with Crippen LogP contribution in [-0.4, -0.2) is 25.4 Å². The van der Waals surface area contributed by atoms with Crippen molar-refractivity contribution >= 4 is 33.3 Å². The number of amides is 1. The molecule has 1 amide bonds. The minimum atomic E-state index is -3.93. The van der Waals surface area contributed by atoms with Gasteiger partial charge in [-0.3, -0.25) is 9.52 Å². The summed E-state index contributed by atoms with van der Waals surface area (Å²) in [6.07, 6.45) is 2.78. The van der Waals surface area contributed by atoms with Crippen LogP contribution in [0, 0.1) is 0 Å². The Morgan fingerprint density at radius 1 is 1.04 bits per heavy atom. The Balaban J connectivity index is 1.94. The van der Waals surface area contributed by atoms with Gasteiger partial charge in [0.2, 0.25) is 5.91 Å². The second-order valence-electron chi connectivity index (χ2n) is 6.14. The molecule has 0 radical (unpaired) electrons. The molecule has 136 valence electrons. The highest BCUT2D eigenvalue weighted by molar-refractivity contribution is 7.92. The van der Waals surface area contributed by atoms with Gasteiger partial charge in [-0.05, 0) is 60.7 Å². The van der Waals surface area contributed by atoms with Crippen molar-refractivity contribution in [3.05, 3.63) is 53.1 Å². The predicted molar refractivity (Wildman–Crippen MR) is 97.0 cm³/mol. The van der Waals surface area contributed by atoms with E-state index >= 15 is 0 Å². The normalized spacial score (nSPS) is 13.1. The quantitative estimate of drug-likeness (QED) is 0.745. The van der Waals surface area contributed by atoms with Crippen LogP contribution in [-0.2, 0) is 27.7 Å². The predicted octanol–water partition coefficient (Wildman–Crippen LogP) is 2.63. The topological polar surface area (TPSA) is 113 Å². The summed E-state index contributed by atoms with van der Waals surface area (Å²) in [5.74, 6) is -1.66. The number of nitrogens with one attached hydrogen (secondary N) is 2. The minimum absolute atomic E-state index is 0.0629. The number of aryl methyl sites for hydroxylation is 2. The number of hydrogen-bond acceptors (Lipinski definition) is 4. The van der Waals surface area contributed by atoms with Gasteiger partial charge in [0.15, 0.2) is 0 Å². The third kappa shape index (κ3) is 3.70. The highest BCUT2D eigenvalue weighted by Gasteiger charge is 2.21. The van der Waals surface area contributed by atoms with E-state index in [1.165, 1.54) is 31.2 Å². The molecule has 1 aliphatic rings. The molecule has 2 aromatic rings. The maximum Gasteiger partial charge on any atom is 0.337 e. The number of fused-ring (bicyclic) bond motifs is 1. The maximum absolute atomic E-state index is 12.7. The van der Waals surface area contributed by atoms with Gasteiger partial charge in [-0.2, -0.15) is 0 Å². The van der Waals surface area contributed by atoms with Crippen LogP contribution in [0.5, 0.6) is 0 Å². The smallest absolute Gasteiger partial charge is 0.337 e. The second kappa shape index (κ2) is 6.80. The third-order valence-corrected chi connectivity index (χ3v) is 5.56. The first-order valence-corrected chi connectivity index (χ1v) is 9.54. The van der Waals surface area contributed by atoms with Crippen molar-refractivity contribution in [1.82, 2.24) is 0 Å². The lowest BCUT2D eigenvalue weighted by molar-refractivity contribution is -0.114. The van der Waals surface area contributed by atoms with Crippen LogP contribution >= 0.6 is 0 Å². The van der Waals surface area contributed by atoms with Crippen molar-refractivity contribution in [1.29, 1.82) is 0 Å². The number of carboxylic acids is 1. The van der Waals surface area contributed by atoms with Gasteiger partial charge in [0.25, 0.3) is 10.0 Å². The number of hydrogen-bond donors (Lipinski definition) is 3. The molecular weight excluding hydrogens is 356 g/mol. The average Bonchev–Trinajstić information content (AvgIpc) is 3.03. The number of benzene rings is 2. The first-order chi connectivity index (χ1) is 12.3. The van der Waals surface area contributed by atoms with E-state index in [2.05, 4.69) is 10.0 Å². The summed E-state index contributed by atoms with van der Waals surface area (Å²) in [5.41, 5.74) is 2.12. The average molecular weight is 374 g/mol. The van der Waals surface area contributed by atoms with Crippen molar-refractivity contribution in [2.45, 2.75) is 31.1 Å². The fraction of sp³-hybridized carbons (Fsp3) is 0.222. The Kier molecular flexibility index (Phi) is 4.69. The maximum atomic E-state index is 12.7. The zero-order valence-electron chi connectivity index (χ0n) is 14.1. The summed E-state index contributed by atoms with van der Waals surface area (Å²) in [4.78, 5) is 22.7. The van der Waals surface area contributed by atoms with Gasteiger partial charge in [0, 0.05) is 12.6 Å². The molecule has 3 N–H and O–H groups in total. The van der Waals surface area contributed by atoms with Crippen LogP contribution in [0.25, 0.3) is 0 Å². The number of sulfonamides is 1. The zero-order valence-corrected chi connectivity index (χ0v) is 14.9. The van der Waals surface area contributed by atoms with Gasteiger partial charge in [-0.15, -0.1) is 0 Å². The van der Waals surface area contributed by atoms with E-state index in [-0.39, 0.29) is 27.7 Å². The van der Waals surface area contributed by atoms with Gasteiger partial charge in [-0.1, -0.05) is 6.07 Å². The first-order valence-electron chi connectivity index (χ1n) is 8.06. The Morgan fingerprint density at radius 2 is 1.77 bits per heavy atom. The molecule has 3 rings (SSSR count). The van der Waals surface area contributed by atoms with E-state index in [1.54, 1.807) is 12.1 Å². The molecule has 0 unspecified atom stereocenters. The fourth-order valence-corrected chi connectivity index (χ4v) is 4.14. The van der Waals surface area contributed by atoms with Gasteiger partial charge in [0.1, 0.15) is 0 Å². The summed E-state index contributed by atoms with van der Waals surface area (Å²) in [7, 11) is -3.93. The molecule has 7 nitrogen and oxygen atoms in total. The zero-order chi connectivity index (χ0) is 18.9. The molecule has 0 bridgehead atoms. The standard InChI is InChI=1S/C18H18N2O5S/c1-11(21)19-14-6-8-17(16(10-14)18(22)23)20-26(24,25)15-7-5-12-3-2-4-13(12)9-15/h5-10,20H,2-4H2,1H3,(H,19,21)(H,22,23). The van der Waals surface area contributed by atoms with E-state index in [1.807, 2.05) is 0 Å². The lowest BCUT2D eigenvalue weighted by atomic mass is 10.1. The summed E-state index contributed by atoms with van der Waals surface area (Å²) >= 11 is 0. The molecular formula is C18H18N2O5S. The van der Waals surface area contributed by atoms with Crippen LogP contribution in [0.2, 0.25) is 0 Å².